The maximum absolute atomic E-state index is 5.95. The van der Waals surface area contributed by atoms with Gasteiger partial charge in [0.25, 0.3) is 0 Å². The molecule has 0 atom stereocenters. The van der Waals surface area contributed by atoms with Crippen LogP contribution in [0.2, 0.25) is 5.02 Å². The zero-order chi connectivity index (χ0) is 11.5. The molecule has 0 unspecified atom stereocenters. The summed E-state index contributed by atoms with van der Waals surface area (Å²) in [6.07, 6.45) is 0. The summed E-state index contributed by atoms with van der Waals surface area (Å²) < 4.78 is 7.00. The Morgan fingerprint density at radius 2 is 2.31 bits per heavy atom. The molecular weight excluding hydrogens is 230 g/mol. The van der Waals surface area contributed by atoms with E-state index in [0.29, 0.717) is 22.3 Å². The van der Waals surface area contributed by atoms with E-state index in [2.05, 4.69) is 15.5 Å². The van der Waals surface area contributed by atoms with Gasteiger partial charge in [0.05, 0.1) is 5.02 Å². The highest BCUT2D eigenvalue weighted by Crippen LogP contribution is 2.26. The van der Waals surface area contributed by atoms with Gasteiger partial charge in [-0.3, -0.25) is 0 Å². The van der Waals surface area contributed by atoms with Crippen molar-refractivity contribution in [3.05, 3.63) is 29.0 Å². The highest BCUT2D eigenvalue weighted by molar-refractivity contribution is 6.32. The molecule has 1 aromatic carbocycles. The molecule has 1 heterocycles. The molecule has 6 nitrogen and oxygen atoms in total. The first kappa shape index (κ1) is 10.7. The van der Waals surface area contributed by atoms with Gasteiger partial charge in [0.1, 0.15) is 12.4 Å². The van der Waals surface area contributed by atoms with Crippen LogP contribution < -0.4 is 10.5 Å². The smallest absolute Gasteiger partial charge is 0.188 e. The van der Waals surface area contributed by atoms with Gasteiger partial charge >= 0.3 is 0 Å². The summed E-state index contributed by atoms with van der Waals surface area (Å²) in [5.41, 5.74) is 6.16. The number of nitrogen functional groups attached to an aromatic ring is 1. The molecule has 0 bridgehead atoms. The van der Waals surface area contributed by atoms with Gasteiger partial charge in [0, 0.05) is 12.7 Å². The van der Waals surface area contributed by atoms with Crippen LogP contribution in [0.3, 0.4) is 0 Å². The van der Waals surface area contributed by atoms with E-state index in [0.717, 1.165) is 0 Å². The van der Waals surface area contributed by atoms with Crippen molar-refractivity contribution in [2.24, 2.45) is 7.05 Å². The molecule has 1 aromatic heterocycles. The van der Waals surface area contributed by atoms with Crippen LogP contribution in [0.4, 0.5) is 5.69 Å². The summed E-state index contributed by atoms with van der Waals surface area (Å²) >= 11 is 5.95. The zero-order valence-corrected chi connectivity index (χ0v) is 9.35. The zero-order valence-electron chi connectivity index (χ0n) is 8.59. The van der Waals surface area contributed by atoms with Crippen LogP contribution in [0.5, 0.6) is 5.75 Å². The van der Waals surface area contributed by atoms with Crippen molar-refractivity contribution in [1.29, 1.82) is 0 Å². The number of halogens is 1. The van der Waals surface area contributed by atoms with Crippen molar-refractivity contribution in [3.8, 4) is 5.75 Å². The van der Waals surface area contributed by atoms with Crippen LogP contribution in [0.15, 0.2) is 18.2 Å². The third-order valence-corrected chi connectivity index (χ3v) is 2.32. The third kappa shape index (κ3) is 2.22. The number of nitrogens with two attached hydrogens (primary N) is 1. The first-order valence-corrected chi connectivity index (χ1v) is 4.93. The molecule has 7 heteroatoms. The molecule has 2 N–H and O–H groups in total. The van der Waals surface area contributed by atoms with Crippen molar-refractivity contribution in [2.75, 3.05) is 5.73 Å². The number of aryl methyl sites for hydroxylation is 1. The number of anilines is 1. The summed E-state index contributed by atoms with van der Waals surface area (Å²) in [5.74, 6) is 1.17. The minimum atomic E-state index is 0.257. The number of ether oxygens (including phenoxy) is 1. The number of hydrogen-bond donors (Lipinski definition) is 1. The minimum Gasteiger partial charge on any atom is -0.484 e. The lowest BCUT2D eigenvalue weighted by Gasteiger charge is -2.07. The summed E-state index contributed by atoms with van der Waals surface area (Å²) in [6.45, 7) is 0.257. The highest BCUT2D eigenvalue weighted by Gasteiger charge is 2.06. The van der Waals surface area contributed by atoms with E-state index >= 15 is 0 Å². The van der Waals surface area contributed by atoms with Gasteiger partial charge in [-0.2, -0.15) is 0 Å². The summed E-state index contributed by atoms with van der Waals surface area (Å²) in [6, 6.07) is 5.06. The second kappa shape index (κ2) is 4.36. The van der Waals surface area contributed by atoms with Gasteiger partial charge in [0.15, 0.2) is 5.82 Å². The molecule has 0 fully saturated rings. The Kier molecular flexibility index (Phi) is 2.91. The van der Waals surface area contributed by atoms with E-state index in [4.69, 9.17) is 22.1 Å². The maximum atomic E-state index is 5.95. The number of tetrazole rings is 1. The molecule has 0 saturated heterocycles. The van der Waals surface area contributed by atoms with Crippen LogP contribution in [-0.2, 0) is 13.7 Å². The van der Waals surface area contributed by atoms with Gasteiger partial charge in [-0.1, -0.05) is 11.6 Å². The Bertz CT molecular complexity index is 498. The minimum absolute atomic E-state index is 0.257. The van der Waals surface area contributed by atoms with E-state index in [9.17, 15) is 0 Å². The topological polar surface area (TPSA) is 78.8 Å². The predicted octanol–water partition coefficient (Wildman–Crippen LogP) is 1.02. The summed E-state index contributed by atoms with van der Waals surface area (Å²) in [4.78, 5) is 0. The Balaban J connectivity index is 2.08. The van der Waals surface area contributed by atoms with Crippen LogP contribution in [0.1, 0.15) is 5.82 Å². The third-order valence-electron chi connectivity index (χ3n) is 2.02. The molecule has 0 radical (unpaired) electrons. The van der Waals surface area contributed by atoms with Crippen molar-refractivity contribution in [2.45, 2.75) is 6.61 Å². The second-order valence-corrected chi connectivity index (χ2v) is 3.60. The molecule has 0 spiro atoms. The number of nitrogens with zero attached hydrogens (tertiary/aromatic N) is 4. The number of aromatic nitrogens is 4. The van der Waals surface area contributed by atoms with E-state index in [1.54, 1.807) is 25.2 Å². The van der Waals surface area contributed by atoms with Crippen LogP contribution in [0, 0.1) is 0 Å². The average molecular weight is 240 g/mol. The van der Waals surface area contributed by atoms with Crippen molar-refractivity contribution in [3.63, 3.8) is 0 Å². The lowest BCUT2D eigenvalue weighted by Crippen LogP contribution is -2.04. The fraction of sp³-hybridized carbons (Fsp3) is 0.222. The van der Waals surface area contributed by atoms with Crippen molar-refractivity contribution >= 4 is 17.3 Å². The second-order valence-electron chi connectivity index (χ2n) is 3.20. The van der Waals surface area contributed by atoms with E-state index in [-0.39, 0.29) is 6.61 Å². The Labute approximate surface area is 97.0 Å². The maximum Gasteiger partial charge on any atom is 0.188 e. The Morgan fingerprint density at radius 3 is 2.94 bits per heavy atom. The van der Waals surface area contributed by atoms with Crippen molar-refractivity contribution in [1.82, 2.24) is 20.2 Å². The first-order chi connectivity index (χ1) is 7.66. The molecule has 0 aliphatic carbocycles. The molecule has 84 valence electrons. The largest absolute Gasteiger partial charge is 0.484 e. The van der Waals surface area contributed by atoms with Crippen molar-refractivity contribution < 1.29 is 4.74 Å². The number of hydrogen-bond acceptors (Lipinski definition) is 5. The van der Waals surface area contributed by atoms with Gasteiger partial charge < -0.3 is 10.5 Å². The van der Waals surface area contributed by atoms with Crippen LogP contribution >= 0.6 is 11.6 Å². The molecule has 0 aliphatic heterocycles. The van der Waals surface area contributed by atoms with Crippen LogP contribution in [0.25, 0.3) is 0 Å². The number of benzene rings is 1. The Morgan fingerprint density at radius 1 is 1.50 bits per heavy atom. The summed E-state index contributed by atoms with van der Waals surface area (Å²) in [5, 5.41) is 11.4. The molecule has 16 heavy (non-hydrogen) atoms. The number of rotatable bonds is 3. The normalized spacial score (nSPS) is 10.4. The molecule has 0 saturated carbocycles. The fourth-order valence-electron chi connectivity index (χ4n) is 1.15. The van der Waals surface area contributed by atoms with Gasteiger partial charge in [-0.15, -0.1) is 5.10 Å². The SMILES string of the molecule is Cn1nnnc1COc1ccc(N)cc1Cl. The van der Waals surface area contributed by atoms with Gasteiger partial charge in [-0.25, -0.2) is 4.68 Å². The molecule has 2 rings (SSSR count). The molecule has 0 amide bonds. The van der Waals surface area contributed by atoms with Gasteiger partial charge in [0.2, 0.25) is 0 Å². The van der Waals surface area contributed by atoms with E-state index in [1.807, 2.05) is 0 Å². The molecular formula is C9H10ClN5O. The molecule has 2 aromatic rings. The lowest BCUT2D eigenvalue weighted by molar-refractivity contribution is 0.290. The van der Waals surface area contributed by atoms with Gasteiger partial charge in [-0.05, 0) is 28.6 Å². The standard InChI is InChI=1S/C9H10ClN5O/c1-15-9(12-13-14-15)5-16-8-3-2-6(11)4-7(8)10/h2-4H,5,11H2,1H3. The lowest BCUT2D eigenvalue weighted by atomic mass is 10.3. The molecule has 0 aliphatic rings. The highest BCUT2D eigenvalue weighted by atomic mass is 35.5. The first-order valence-electron chi connectivity index (χ1n) is 4.56. The monoisotopic (exact) mass is 239 g/mol. The average Bonchev–Trinajstić information content (AvgIpc) is 2.63. The quantitative estimate of drug-likeness (QED) is 0.810. The summed E-state index contributed by atoms with van der Waals surface area (Å²) in [7, 11) is 1.74. The Hall–Kier alpha value is -1.82. The van der Waals surface area contributed by atoms with E-state index < -0.39 is 0 Å². The van der Waals surface area contributed by atoms with Crippen LogP contribution in [-0.4, -0.2) is 20.2 Å². The predicted molar refractivity (Wildman–Crippen MR) is 59.0 cm³/mol. The van der Waals surface area contributed by atoms with E-state index in [1.165, 1.54) is 4.68 Å². The fourth-order valence-corrected chi connectivity index (χ4v) is 1.39.